The number of rotatable bonds is 3. The zero-order chi connectivity index (χ0) is 15.7. The maximum atomic E-state index is 12.3. The van der Waals surface area contributed by atoms with Crippen LogP contribution in [0.4, 0.5) is 5.69 Å². The fraction of sp³-hybridized carbons (Fsp3) is 0.167. The van der Waals surface area contributed by atoms with Gasteiger partial charge in [0, 0.05) is 11.6 Å². The molecule has 0 aliphatic heterocycles. The number of benzene rings is 2. The number of hydrogen-bond acceptors (Lipinski definition) is 4. The molecule has 0 atom stereocenters. The highest BCUT2D eigenvalue weighted by Crippen LogP contribution is 2.29. The molecule has 0 saturated carbocycles. The maximum absolute atomic E-state index is 12.3. The molecule has 0 saturated heterocycles. The van der Waals surface area contributed by atoms with Crippen LogP contribution in [0.5, 0.6) is 5.75 Å². The van der Waals surface area contributed by atoms with Crippen LogP contribution in [0.25, 0.3) is 22.3 Å². The molecule has 112 valence electrons. The van der Waals surface area contributed by atoms with Crippen LogP contribution in [0.3, 0.4) is 0 Å². The highest BCUT2D eigenvalue weighted by atomic mass is 16.5. The molecule has 22 heavy (non-hydrogen) atoms. The van der Waals surface area contributed by atoms with Gasteiger partial charge in [-0.05, 0) is 42.3 Å². The lowest BCUT2D eigenvalue weighted by Crippen LogP contribution is -2.01. The van der Waals surface area contributed by atoms with Crippen LogP contribution in [0.1, 0.15) is 12.5 Å². The molecule has 0 aliphatic carbocycles. The summed E-state index contributed by atoms with van der Waals surface area (Å²) in [4.78, 5) is 12.3. The molecular formula is C18H17NO3. The summed E-state index contributed by atoms with van der Waals surface area (Å²) in [5, 5.41) is 0.601. The molecule has 0 aliphatic rings. The summed E-state index contributed by atoms with van der Waals surface area (Å²) in [6, 6.07) is 12.5. The van der Waals surface area contributed by atoms with E-state index in [1.165, 1.54) is 6.07 Å². The molecule has 3 rings (SSSR count). The first-order chi connectivity index (χ1) is 10.6. The molecule has 2 N–H and O–H groups in total. The number of ether oxygens (including phenoxy) is 1. The zero-order valence-corrected chi connectivity index (χ0v) is 12.6. The second-order valence-electron chi connectivity index (χ2n) is 5.12. The summed E-state index contributed by atoms with van der Waals surface area (Å²) in [5.74, 6) is 1.09. The Hall–Kier alpha value is -2.75. The van der Waals surface area contributed by atoms with E-state index in [1.54, 1.807) is 19.2 Å². The van der Waals surface area contributed by atoms with Gasteiger partial charge in [0.2, 0.25) is 0 Å². The molecule has 2 aromatic carbocycles. The predicted octanol–water partition coefficient (Wildman–Crippen LogP) is 3.61. The molecule has 0 spiro atoms. The molecule has 4 nitrogen and oxygen atoms in total. The first-order valence-electron chi connectivity index (χ1n) is 7.13. The first-order valence-corrected chi connectivity index (χ1v) is 7.13. The van der Waals surface area contributed by atoms with Gasteiger partial charge in [-0.3, -0.25) is 4.79 Å². The van der Waals surface area contributed by atoms with Crippen molar-refractivity contribution in [1.29, 1.82) is 0 Å². The van der Waals surface area contributed by atoms with Gasteiger partial charge < -0.3 is 14.9 Å². The molecule has 3 aromatic rings. The topological polar surface area (TPSA) is 65.5 Å². The smallest absolute Gasteiger partial charge is 0.193 e. The number of fused-ring (bicyclic) bond motifs is 1. The lowest BCUT2D eigenvalue weighted by atomic mass is 10.1. The van der Waals surface area contributed by atoms with E-state index >= 15 is 0 Å². The Morgan fingerprint density at radius 3 is 2.64 bits per heavy atom. The van der Waals surface area contributed by atoms with Crippen molar-refractivity contribution in [2.24, 2.45) is 0 Å². The zero-order valence-electron chi connectivity index (χ0n) is 12.6. The molecule has 0 fully saturated rings. The predicted molar refractivity (Wildman–Crippen MR) is 88.3 cm³/mol. The Balaban J connectivity index is 2.16. The number of anilines is 1. The summed E-state index contributed by atoms with van der Waals surface area (Å²) < 4.78 is 11.0. The van der Waals surface area contributed by atoms with Crippen molar-refractivity contribution < 1.29 is 9.15 Å². The molecule has 0 radical (unpaired) electrons. The van der Waals surface area contributed by atoms with Crippen molar-refractivity contribution in [1.82, 2.24) is 0 Å². The van der Waals surface area contributed by atoms with E-state index in [2.05, 4.69) is 6.92 Å². The van der Waals surface area contributed by atoms with Crippen molar-refractivity contribution in [3.63, 3.8) is 0 Å². The van der Waals surface area contributed by atoms with E-state index < -0.39 is 0 Å². The standard InChI is InChI=1S/C18H17NO3/c1-3-11-4-6-16-13(8-11)15(20)10-18(22-16)12-5-7-17(21-2)14(19)9-12/h4-10H,3,19H2,1-2H3. The Labute approximate surface area is 128 Å². The van der Waals surface area contributed by atoms with Gasteiger partial charge >= 0.3 is 0 Å². The summed E-state index contributed by atoms with van der Waals surface area (Å²) in [7, 11) is 1.56. The van der Waals surface area contributed by atoms with Crippen molar-refractivity contribution in [3.05, 3.63) is 58.3 Å². The van der Waals surface area contributed by atoms with E-state index in [4.69, 9.17) is 14.9 Å². The molecule has 0 bridgehead atoms. The first kappa shape index (κ1) is 14.2. The maximum Gasteiger partial charge on any atom is 0.193 e. The number of methoxy groups -OCH3 is 1. The molecule has 1 aromatic heterocycles. The second kappa shape index (κ2) is 5.56. The quantitative estimate of drug-likeness (QED) is 0.750. The third-order valence-electron chi connectivity index (χ3n) is 3.71. The fourth-order valence-electron chi connectivity index (χ4n) is 2.45. The van der Waals surface area contributed by atoms with Gasteiger partial charge in [0.15, 0.2) is 5.43 Å². The van der Waals surface area contributed by atoms with E-state index in [0.717, 1.165) is 17.5 Å². The van der Waals surface area contributed by atoms with Crippen LogP contribution >= 0.6 is 0 Å². The minimum atomic E-state index is -0.0547. The monoisotopic (exact) mass is 295 g/mol. The number of hydrogen-bond donors (Lipinski definition) is 1. The van der Waals surface area contributed by atoms with Crippen molar-refractivity contribution in [2.45, 2.75) is 13.3 Å². The van der Waals surface area contributed by atoms with Crippen molar-refractivity contribution in [3.8, 4) is 17.1 Å². The Bertz CT molecular complexity index is 896. The van der Waals surface area contributed by atoms with Crippen LogP contribution in [0.15, 0.2) is 51.7 Å². The minimum absolute atomic E-state index is 0.0547. The van der Waals surface area contributed by atoms with Gasteiger partial charge in [-0.25, -0.2) is 0 Å². The van der Waals surface area contributed by atoms with Crippen LogP contribution < -0.4 is 15.9 Å². The summed E-state index contributed by atoms with van der Waals surface area (Å²) in [6.45, 7) is 2.05. The van der Waals surface area contributed by atoms with E-state index in [-0.39, 0.29) is 5.43 Å². The van der Waals surface area contributed by atoms with Crippen LogP contribution in [0.2, 0.25) is 0 Å². The van der Waals surface area contributed by atoms with Crippen LogP contribution in [-0.2, 0) is 6.42 Å². The highest BCUT2D eigenvalue weighted by Gasteiger charge is 2.09. The number of aryl methyl sites for hydroxylation is 1. The fourth-order valence-corrected chi connectivity index (χ4v) is 2.45. The lowest BCUT2D eigenvalue weighted by molar-refractivity contribution is 0.417. The SMILES string of the molecule is CCc1ccc2oc(-c3ccc(OC)c(N)c3)cc(=O)c2c1. The molecule has 1 heterocycles. The Kier molecular flexibility index (Phi) is 3.59. The molecule has 0 unspecified atom stereocenters. The van der Waals surface area contributed by atoms with Gasteiger partial charge in [-0.1, -0.05) is 13.0 Å². The minimum Gasteiger partial charge on any atom is -0.495 e. The third-order valence-corrected chi connectivity index (χ3v) is 3.71. The summed E-state index contributed by atoms with van der Waals surface area (Å²) >= 11 is 0. The average Bonchev–Trinajstić information content (AvgIpc) is 2.54. The highest BCUT2D eigenvalue weighted by molar-refractivity contribution is 5.80. The Morgan fingerprint density at radius 1 is 1.14 bits per heavy atom. The normalized spacial score (nSPS) is 10.8. The average molecular weight is 295 g/mol. The van der Waals surface area contributed by atoms with Crippen molar-refractivity contribution in [2.75, 3.05) is 12.8 Å². The largest absolute Gasteiger partial charge is 0.495 e. The van der Waals surface area contributed by atoms with Crippen LogP contribution in [-0.4, -0.2) is 7.11 Å². The Morgan fingerprint density at radius 2 is 1.95 bits per heavy atom. The van der Waals surface area contributed by atoms with Gasteiger partial charge in [0.05, 0.1) is 18.2 Å². The van der Waals surface area contributed by atoms with E-state index in [0.29, 0.717) is 28.2 Å². The summed E-state index contributed by atoms with van der Waals surface area (Å²) in [6.07, 6.45) is 0.881. The van der Waals surface area contributed by atoms with Crippen LogP contribution in [0, 0.1) is 0 Å². The third kappa shape index (κ3) is 2.44. The number of nitrogen functional groups attached to an aromatic ring is 1. The summed E-state index contributed by atoms with van der Waals surface area (Å²) in [5.41, 5.74) is 8.80. The molecular weight excluding hydrogens is 278 g/mol. The van der Waals surface area contributed by atoms with Gasteiger partial charge in [-0.15, -0.1) is 0 Å². The van der Waals surface area contributed by atoms with E-state index in [9.17, 15) is 4.79 Å². The lowest BCUT2D eigenvalue weighted by Gasteiger charge is -2.08. The van der Waals surface area contributed by atoms with E-state index in [1.807, 2.05) is 24.3 Å². The van der Waals surface area contributed by atoms with Crippen molar-refractivity contribution >= 4 is 16.7 Å². The molecule has 0 amide bonds. The van der Waals surface area contributed by atoms with Gasteiger partial charge in [0.1, 0.15) is 17.1 Å². The number of nitrogens with two attached hydrogens (primary N) is 1. The van der Waals surface area contributed by atoms with Gasteiger partial charge in [-0.2, -0.15) is 0 Å². The van der Waals surface area contributed by atoms with Gasteiger partial charge in [0.25, 0.3) is 0 Å². The molecule has 4 heteroatoms. The second-order valence-corrected chi connectivity index (χ2v) is 5.12.